The number of halogens is 1. The van der Waals surface area contributed by atoms with Crippen LogP contribution in [0, 0.1) is 5.82 Å². The van der Waals surface area contributed by atoms with Crippen LogP contribution in [0.3, 0.4) is 0 Å². The Hall–Kier alpha value is -2.22. The van der Waals surface area contributed by atoms with Crippen molar-refractivity contribution in [2.75, 3.05) is 25.4 Å². The number of likely N-dealkylation sites (tertiary alicyclic amines) is 1. The molecule has 0 radical (unpaired) electrons. The highest BCUT2D eigenvalue weighted by atomic mass is 32.2. The molecule has 2 fully saturated rings. The van der Waals surface area contributed by atoms with Gasteiger partial charge in [-0.2, -0.15) is 0 Å². The predicted octanol–water partition coefficient (Wildman–Crippen LogP) is 5.12. The smallest absolute Gasteiger partial charge is 0.191 e. The summed E-state index contributed by atoms with van der Waals surface area (Å²) in [5, 5.41) is 10.3. The van der Waals surface area contributed by atoms with Gasteiger partial charge in [0.25, 0.3) is 0 Å². The van der Waals surface area contributed by atoms with Gasteiger partial charge in [0, 0.05) is 30.4 Å². The molecule has 2 aliphatic rings. The maximum atomic E-state index is 14.1. The van der Waals surface area contributed by atoms with Gasteiger partial charge in [-0.3, -0.25) is 4.90 Å². The van der Waals surface area contributed by atoms with Gasteiger partial charge in [0.1, 0.15) is 11.6 Å². The molecule has 33 heavy (non-hydrogen) atoms. The monoisotopic (exact) mass is 466 g/mol. The van der Waals surface area contributed by atoms with Gasteiger partial charge in [-0.15, -0.1) is 10.2 Å². The zero-order chi connectivity index (χ0) is 22.5. The van der Waals surface area contributed by atoms with Crippen LogP contribution in [0.25, 0.3) is 0 Å². The summed E-state index contributed by atoms with van der Waals surface area (Å²) >= 11 is 1.76. The summed E-state index contributed by atoms with van der Waals surface area (Å²) in [6.07, 6.45) is 4.63. The number of rotatable bonds is 8. The first-order valence-electron chi connectivity index (χ1n) is 11.9. The Balaban J connectivity index is 1.28. The number of hydrogen-bond donors (Lipinski definition) is 0. The highest BCUT2D eigenvalue weighted by Gasteiger charge is 2.27. The molecule has 174 valence electrons. The number of piperidine rings is 1. The van der Waals surface area contributed by atoms with Crippen molar-refractivity contribution in [3.05, 3.63) is 77.4 Å². The number of aromatic nitrogens is 3. The van der Waals surface area contributed by atoms with Crippen molar-refractivity contribution in [3.8, 4) is 0 Å². The maximum absolute atomic E-state index is 14.1. The number of ether oxygens (including phenoxy) is 1. The van der Waals surface area contributed by atoms with E-state index < -0.39 is 0 Å². The Labute approximate surface area is 199 Å². The third kappa shape index (κ3) is 5.65. The minimum absolute atomic E-state index is 0.116. The molecule has 0 N–H and O–H groups in total. The second-order valence-corrected chi connectivity index (χ2v) is 9.99. The summed E-state index contributed by atoms with van der Waals surface area (Å²) < 4.78 is 22.2. The molecule has 0 amide bonds. The molecule has 0 unspecified atom stereocenters. The van der Waals surface area contributed by atoms with Gasteiger partial charge >= 0.3 is 0 Å². The normalized spacial score (nSPS) is 19.8. The lowest BCUT2D eigenvalue weighted by Crippen LogP contribution is -2.33. The average molecular weight is 467 g/mol. The fourth-order valence-electron chi connectivity index (χ4n) is 4.78. The molecule has 3 aromatic rings. The van der Waals surface area contributed by atoms with E-state index in [4.69, 9.17) is 4.74 Å². The van der Waals surface area contributed by atoms with Crippen LogP contribution in [0.1, 0.15) is 48.6 Å². The van der Waals surface area contributed by atoms with E-state index in [0.29, 0.717) is 18.6 Å². The van der Waals surface area contributed by atoms with E-state index in [1.165, 1.54) is 5.56 Å². The molecule has 1 atom stereocenters. The Morgan fingerprint density at radius 2 is 1.73 bits per heavy atom. The highest BCUT2D eigenvalue weighted by Crippen LogP contribution is 2.31. The zero-order valence-electron chi connectivity index (χ0n) is 18.9. The first-order chi connectivity index (χ1) is 16.3. The van der Waals surface area contributed by atoms with E-state index in [0.717, 1.165) is 74.2 Å². The SMILES string of the molecule is Fc1ccccc1CN1CCC(c2nnc(SC[C@@H]3CCCO3)n2Cc2ccccc2)CC1. The molecule has 0 bridgehead atoms. The summed E-state index contributed by atoms with van der Waals surface area (Å²) in [5.74, 6) is 2.26. The first-order valence-corrected chi connectivity index (χ1v) is 12.9. The van der Waals surface area contributed by atoms with Gasteiger partial charge in [-0.25, -0.2) is 4.39 Å². The van der Waals surface area contributed by atoms with E-state index >= 15 is 0 Å². The van der Waals surface area contributed by atoms with Crippen molar-refractivity contribution >= 4 is 11.8 Å². The minimum atomic E-state index is -0.116. The van der Waals surface area contributed by atoms with Crippen molar-refractivity contribution in [1.29, 1.82) is 0 Å². The molecule has 3 heterocycles. The fourth-order valence-corrected chi connectivity index (χ4v) is 5.79. The molecule has 5 rings (SSSR count). The van der Waals surface area contributed by atoms with E-state index in [9.17, 15) is 4.39 Å². The molecular formula is C26H31FN4OS. The van der Waals surface area contributed by atoms with Gasteiger partial charge in [0.15, 0.2) is 5.16 Å². The van der Waals surface area contributed by atoms with Crippen molar-refractivity contribution in [2.45, 2.75) is 56.0 Å². The molecule has 5 nitrogen and oxygen atoms in total. The Morgan fingerprint density at radius 3 is 2.48 bits per heavy atom. The van der Waals surface area contributed by atoms with Crippen LogP contribution < -0.4 is 0 Å². The first kappa shape index (κ1) is 22.6. The number of benzene rings is 2. The molecule has 0 spiro atoms. The molecule has 7 heteroatoms. The van der Waals surface area contributed by atoms with Crippen molar-refractivity contribution in [1.82, 2.24) is 19.7 Å². The molecule has 2 saturated heterocycles. The van der Waals surface area contributed by atoms with E-state index in [-0.39, 0.29) is 5.82 Å². The molecule has 0 saturated carbocycles. The Kier molecular flexibility index (Phi) is 7.39. The average Bonchev–Trinajstić information content (AvgIpc) is 3.51. The van der Waals surface area contributed by atoms with Gasteiger partial charge in [-0.05, 0) is 50.4 Å². The van der Waals surface area contributed by atoms with Crippen LogP contribution in [0.5, 0.6) is 0 Å². The lowest BCUT2D eigenvalue weighted by molar-refractivity contribution is 0.129. The van der Waals surface area contributed by atoms with E-state index in [1.807, 2.05) is 12.1 Å². The van der Waals surface area contributed by atoms with Crippen molar-refractivity contribution in [3.63, 3.8) is 0 Å². The Morgan fingerprint density at radius 1 is 0.939 bits per heavy atom. The van der Waals surface area contributed by atoms with Crippen LogP contribution in [-0.2, 0) is 17.8 Å². The fraction of sp³-hybridized carbons (Fsp3) is 0.462. The second-order valence-electron chi connectivity index (χ2n) is 9.00. The third-order valence-electron chi connectivity index (χ3n) is 6.66. The van der Waals surface area contributed by atoms with Crippen LogP contribution in [-0.4, -0.2) is 51.2 Å². The van der Waals surface area contributed by atoms with Crippen LogP contribution in [0.4, 0.5) is 4.39 Å². The summed E-state index contributed by atoms with van der Waals surface area (Å²) in [6, 6.07) is 17.6. The van der Waals surface area contributed by atoms with Gasteiger partial charge in [-0.1, -0.05) is 60.3 Å². The topological polar surface area (TPSA) is 43.2 Å². The lowest BCUT2D eigenvalue weighted by atomic mass is 9.95. The van der Waals surface area contributed by atoms with Gasteiger partial charge < -0.3 is 9.30 Å². The maximum Gasteiger partial charge on any atom is 0.191 e. The van der Waals surface area contributed by atoms with Crippen molar-refractivity contribution in [2.24, 2.45) is 0 Å². The van der Waals surface area contributed by atoms with E-state index in [2.05, 4.69) is 50.0 Å². The molecule has 2 aromatic carbocycles. The molecule has 2 aliphatic heterocycles. The van der Waals surface area contributed by atoms with Gasteiger partial charge in [0.2, 0.25) is 0 Å². The molecule has 1 aromatic heterocycles. The van der Waals surface area contributed by atoms with Crippen LogP contribution >= 0.6 is 11.8 Å². The zero-order valence-corrected chi connectivity index (χ0v) is 19.7. The predicted molar refractivity (Wildman–Crippen MR) is 129 cm³/mol. The third-order valence-corrected chi connectivity index (χ3v) is 7.75. The lowest BCUT2D eigenvalue weighted by Gasteiger charge is -2.31. The summed E-state index contributed by atoms with van der Waals surface area (Å²) in [4.78, 5) is 2.35. The van der Waals surface area contributed by atoms with E-state index in [1.54, 1.807) is 23.9 Å². The largest absolute Gasteiger partial charge is 0.377 e. The number of hydrogen-bond acceptors (Lipinski definition) is 5. The number of thioether (sulfide) groups is 1. The molecule has 0 aliphatic carbocycles. The standard InChI is InChI=1S/C26H31FN4OS/c27-24-11-5-4-9-22(24)18-30-14-12-21(13-15-30)25-28-29-26(33-19-23-10-6-16-32-23)31(25)17-20-7-2-1-3-8-20/h1-5,7-9,11,21,23H,6,10,12-19H2/t23-/m0/s1. The Bertz CT molecular complexity index is 1030. The highest BCUT2D eigenvalue weighted by molar-refractivity contribution is 7.99. The molecular weight excluding hydrogens is 435 g/mol. The minimum Gasteiger partial charge on any atom is -0.377 e. The van der Waals surface area contributed by atoms with Gasteiger partial charge in [0.05, 0.1) is 12.6 Å². The summed E-state index contributed by atoms with van der Waals surface area (Å²) in [6.45, 7) is 4.20. The number of nitrogens with zero attached hydrogens (tertiary/aromatic N) is 4. The van der Waals surface area contributed by atoms with Crippen molar-refractivity contribution < 1.29 is 9.13 Å². The van der Waals surface area contributed by atoms with Crippen LogP contribution in [0.2, 0.25) is 0 Å². The summed E-state index contributed by atoms with van der Waals surface area (Å²) in [7, 11) is 0. The van der Waals surface area contributed by atoms with Crippen LogP contribution in [0.15, 0.2) is 59.8 Å². The summed E-state index contributed by atoms with van der Waals surface area (Å²) in [5.41, 5.74) is 2.03. The quantitative estimate of drug-likeness (QED) is 0.431. The second kappa shape index (κ2) is 10.8.